The third kappa shape index (κ3) is 2.65. The molecule has 21 heavy (non-hydrogen) atoms. The van der Waals surface area contributed by atoms with Crippen LogP contribution in [0.3, 0.4) is 0 Å². The summed E-state index contributed by atoms with van der Waals surface area (Å²) < 4.78 is 0. The van der Waals surface area contributed by atoms with Gasteiger partial charge in [0.25, 0.3) is 0 Å². The maximum atomic E-state index is 11.3. The van der Waals surface area contributed by atoms with Crippen LogP contribution < -0.4 is 5.01 Å². The second-order valence-corrected chi connectivity index (χ2v) is 5.16. The molecule has 4 heteroatoms. The maximum Gasteiger partial charge on any atom is 0.352 e. The van der Waals surface area contributed by atoms with Crippen molar-refractivity contribution in [2.45, 2.75) is 19.4 Å². The highest BCUT2D eigenvalue weighted by atomic mass is 16.4. The molecular weight excluding hydrogens is 264 g/mol. The van der Waals surface area contributed by atoms with Crippen molar-refractivity contribution in [3.63, 3.8) is 0 Å². The molecule has 2 aromatic rings. The van der Waals surface area contributed by atoms with Crippen molar-refractivity contribution in [3.05, 3.63) is 65.7 Å². The molecule has 0 radical (unpaired) electrons. The quantitative estimate of drug-likeness (QED) is 0.937. The van der Waals surface area contributed by atoms with Crippen molar-refractivity contribution in [1.29, 1.82) is 0 Å². The third-order valence-corrected chi connectivity index (χ3v) is 3.64. The molecule has 0 bridgehead atoms. The van der Waals surface area contributed by atoms with Crippen LogP contribution in [0.1, 0.15) is 23.6 Å². The van der Waals surface area contributed by atoms with Crippen LogP contribution in [0.15, 0.2) is 59.7 Å². The molecule has 1 heterocycles. The van der Waals surface area contributed by atoms with E-state index in [-0.39, 0.29) is 11.8 Å². The van der Waals surface area contributed by atoms with Gasteiger partial charge in [0.15, 0.2) is 0 Å². The summed E-state index contributed by atoms with van der Waals surface area (Å²) in [5.74, 6) is -0.953. The SMILES string of the molecule is Cc1ccc(N2N=C(C(=O)O)C[C@H]2c2ccccc2)cc1. The molecule has 1 atom stereocenters. The summed E-state index contributed by atoms with van der Waals surface area (Å²) >= 11 is 0. The van der Waals surface area contributed by atoms with Gasteiger partial charge in [-0.25, -0.2) is 4.79 Å². The van der Waals surface area contributed by atoms with Crippen molar-refractivity contribution in [2.75, 3.05) is 5.01 Å². The Labute approximate surface area is 123 Å². The Hall–Kier alpha value is -2.62. The Morgan fingerprint density at radius 3 is 2.43 bits per heavy atom. The van der Waals surface area contributed by atoms with Gasteiger partial charge >= 0.3 is 5.97 Å². The minimum Gasteiger partial charge on any atom is -0.477 e. The van der Waals surface area contributed by atoms with E-state index in [9.17, 15) is 9.90 Å². The molecule has 0 unspecified atom stereocenters. The summed E-state index contributed by atoms with van der Waals surface area (Å²) in [6.45, 7) is 2.02. The number of hydrogen-bond acceptors (Lipinski definition) is 3. The Bertz CT molecular complexity index is 678. The number of aliphatic carboxylic acids is 1. The van der Waals surface area contributed by atoms with Gasteiger partial charge in [0, 0.05) is 6.42 Å². The van der Waals surface area contributed by atoms with Crippen molar-refractivity contribution in [1.82, 2.24) is 0 Å². The van der Waals surface area contributed by atoms with Crippen LogP contribution in [0.4, 0.5) is 5.69 Å². The van der Waals surface area contributed by atoms with E-state index in [0.29, 0.717) is 6.42 Å². The van der Waals surface area contributed by atoms with Gasteiger partial charge < -0.3 is 5.11 Å². The van der Waals surface area contributed by atoms with Gasteiger partial charge in [-0.1, -0.05) is 48.0 Å². The van der Waals surface area contributed by atoms with Gasteiger partial charge in [0.2, 0.25) is 0 Å². The van der Waals surface area contributed by atoms with Crippen LogP contribution in [0, 0.1) is 6.92 Å². The number of hydrazone groups is 1. The fourth-order valence-electron chi connectivity index (χ4n) is 2.51. The van der Waals surface area contributed by atoms with Crippen LogP contribution in [-0.4, -0.2) is 16.8 Å². The smallest absolute Gasteiger partial charge is 0.352 e. The van der Waals surface area contributed by atoms with Crippen LogP contribution in [-0.2, 0) is 4.79 Å². The Morgan fingerprint density at radius 2 is 1.81 bits per heavy atom. The molecule has 0 spiro atoms. The van der Waals surface area contributed by atoms with Gasteiger partial charge in [-0.15, -0.1) is 0 Å². The average molecular weight is 280 g/mol. The molecule has 3 rings (SSSR count). The zero-order valence-electron chi connectivity index (χ0n) is 11.7. The van der Waals surface area contributed by atoms with E-state index < -0.39 is 5.97 Å². The molecule has 0 aromatic heterocycles. The van der Waals surface area contributed by atoms with Crippen molar-refractivity contribution >= 4 is 17.4 Å². The fourth-order valence-corrected chi connectivity index (χ4v) is 2.51. The highest BCUT2D eigenvalue weighted by Crippen LogP contribution is 2.35. The zero-order valence-corrected chi connectivity index (χ0v) is 11.7. The molecule has 0 aliphatic carbocycles. The number of carbonyl (C=O) groups is 1. The Morgan fingerprint density at radius 1 is 1.14 bits per heavy atom. The second kappa shape index (κ2) is 5.40. The minimum atomic E-state index is -0.953. The molecule has 1 N–H and O–H groups in total. The second-order valence-electron chi connectivity index (χ2n) is 5.16. The number of benzene rings is 2. The number of aryl methyl sites for hydroxylation is 1. The predicted molar refractivity (Wildman–Crippen MR) is 82.5 cm³/mol. The van der Waals surface area contributed by atoms with Crippen molar-refractivity contribution < 1.29 is 9.90 Å². The molecule has 0 saturated carbocycles. The van der Waals surface area contributed by atoms with Crippen molar-refractivity contribution in [2.24, 2.45) is 5.10 Å². The van der Waals surface area contributed by atoms with Gasteiger partial charge in [-0.05, 0) is 24.6 Å². The van der Waals surface area contributed by atoms with E-state index in [1.54, 1.807) is 5.01 Å². The molecule has 1 aliphatic rings. The lowest BCUT2D eigenvalue weighted by atomic mass is 10.0. The lowest BCUT2D eigenvalue weighted by Gasteiger charge is -2.24. The molecule has 2 aromatic carbocycles. The van der Waals surface area contributed by atoms with Crippen LogP contribution in [0.5, 0.6) is 0 Å². The average Bonchev–Trinajstić information content (AvgIpc) is 2.94. The van der Waals surface area contributed by atoms with Crippen LogP contribution >= 0.6 is 0 Å². The first-order valence-electron chi connectivity index (χ1n) is 6.87. The van der Waals surface area contributed by atoms with Crippen molar-refractivity contribution in [3.8, 4) is 0 Å². The topological polar surface area (TPSA) is 52.9 Å². The van der Waals surface area contributed by atoms with E-state index >= 15 is 0 Å². The van der Waals surface area contributed by atoms with E-state index in [4.69, 9.17) is 0 Å². The molecule has 106 valence electrons. The summed E-state index contributed by atoms with van der Waals surface area (Å²) in [4.78, 5) is 11.3. The maximum absolute atomic E-state index is 11.3. The minimum absolute atomic E-state index is 0.0694. The largest absolute Gasteiger partial charge is 0.477 e. The van der Waals surface area contributed by atoms with Crippen LogP contribution in [0.2, 0.25) is 0 Å². The number of carboxylic acid groups (broad SMARTS) is 1. The first kappa shape index (κ1) is 13.4. The van der Waals surface area contributed by atoms with Gasteiger partial charge in [-0.3, -0.25) is 5.01 Å². The monoisotopic (exact) mass is 280 g/mol. The molecule has 0 amide bonds. The number of nitrogens with zero attached hydrogens (tertiary/aromatic N) is 2. The number of carboxylic acids is 1. The summed E-state index contributed by atoms with van der Waals surface area (Å²) in [6.07, 6.45) is 0.410. The van der Waals surface area contributed by atoms with E-state index in [1.165, 1.54) is 0 Å². The first-order chi connectivity index (χ1) is 10.1. The molecule has 0 saturated heterocycles. The third-order valence-electron chi connectivity index (χ3n) is 3.64. The van der Waals surface area contributed by atoms with Crippen LogP contribution in [0.25, 0.3) is 0 Å². The highest BCUT2D eigenvalue weighted by molar-refractivity contribution is 6.36. The highest BCUT2D eigenvalue weighted by Gasteiger charge is 2.32. The predicted octanol–water partition coefficient (Wildman–Crippen LogP) is 3.39. The number of anilines is 1. The Kier molecular flexibility index (Phi) is 3.44. The number of rotatable bonds is 3. The molecule has 0 fully saturated rings. The Balaban J connectivity index is 2.00. The first-order valence-corrected chi connectivity index (χ1v) is 6.87. The number of hydrogen-bond donors (Lipinski definition) is 1. The normalized spacial score (nSPS) is 17.7. The summed E-state index contributed by atoms with van der Waals surface area (Å²) in [5.41, 5.74) is 3.34. The lowest BCUT2D eigenvalue weighted by Crippen LogP contribution is -2.18. The molecule has 1 aliphatic heterocycles. The van der Waals surface area contributed by atoms with E-state index in [1.807, 2.05) is 61.5 Å². The fraction of sp³-hybridized carbons (Fsp3) is 0.176. The van der Waals surface area contributed by atoms with Gasteiger partial charge in [-0.2, -0.15) is 5.10 Å². The summed E-state index contributed by atoms with van der Waals surface area (Å²) in [5, 5.41) is 15.3. The molecular formula is C17H16N2O2. The van der Waals surface area contributed by atoms with Gasteiger partial charge in [0.1, 0.15) is 5.71 Å². The zero-order chi connectivity index (χ0) is 14.8. The lowest BCUT2D eigenvalue weighted by molar-refractivity contribution is -0.129. The molecule has 4 nitrogen and oxygen atoms in total. The summed E-state index contributed by atoms with van der Waals surface area (Å²) in [7, 11) is 0. The summed E-state index contributed by atoms with van der Waals surface area (Å²) in [6, 6.07) is 17.8. The standard InChI is InChI=1S/C17H16N2O2/c1-12-7-9-14(10-8-12)19-16(11-15(18-19)17(20)21)13-5-3-2-4-6-13/h2-10,16H,11H2,1H3,(H,20,21)/t16-/m0/s1. The van der Waals surface area contributed by atoms with E-state index in [0.717, 1.165) is 16.8 Å². The van der Waals surface area contributed by atoms with Gasteiger partial charge in [0.05, 0.1) is 11.7 Å². The van der Waals surface area contributed by atoms with E-state index in [2.05, 4.69) is 5.10 Å².